The Kier molecular flexibility index (Phi) is 6.84. The van der Waals surface area contributed by atoms with Gasteiger partial charge in [-0.25, -0.2) is 4.98 Å². The number of nitrogens with one attached hydrogen (secondary N) is 1. The molecule has 0 bridgehead atoms. The number of hydrogen-bond donors (Lipinski definition) is 1. The lowest BCUT2D eigenvalue weighted by atomic mass is 10.2. The van der Waals surface area contributed by atoms with Crippen LogP contribution in [0.25, 0.3) is 0 Å². The highest BCUT2D eigenvalue weighted by atomic mass is 16.7. The van der Waals surface area contributed by atoms with Gasteiger partial charge in [0.05, 0.1) is 0 Å². The summed E-state index contributed by atoms with van der Waals surface area (Å²) in [4.78, 5) is 13.9. The van der Waals surface area contributed by atoms with Crippen molar-refractivity contribution >= 4 is 11.8 Å². The predicted octanol–water partition coefficient (Wildman–Crippen LogP) is 1.96. The molecular weight excluding hydrogens is 318 g/mol. The molecule has 1 unspecified atom stereocenters. The quantitative estimate of drug-likeness (QED) is 0.755. The first kappa shape index (κ1) is 18.4. The second kappa shape index (κ2) is 9.31. The molecule has 25 heavy (non-hydrogen) atoms. The summed E-state index contributed by atoms with van der Waals surface area (Å²) in [6, 6.07) is 2.40. The molecule has 0 aromatic carbocycles. The zero-order valence-electron chi connectivity index (χ0n) is 15.5. The van der Waals surface area contributed by atoms with E-state index in [9.17, 15) is 0 Å². The maximum Gasteiger partial charge on any atom is 0.224 e. The van der Waals surface area contributed by atoms with Gasteiger partial charge in [0.2, 0.25) is 5.95 Å². The summed E-state index contributed by atoms with van der Waals surface area (Å²) < 4.78 is 10.6. The Balaban J connectivity index is 1.54. The molecule has 1 atom stereocenters. The van der Waals surface area contributed by atoms with E-state index in [1.54, 1.807) is 14.2 Å². The molecule has 0 amide bonds. The number of hydrogen-bond acceptors (Lipinski definition) is 7. The molecule has 2 saturated heterocycles. The van der Waals surface area contributed by atoms with Crippen LogP contribution < -0.4 is 10.2 Å². The summed E-state index contributed by atoms with van der Waals surface area (Å²) in [5, 5.41) is 3.50. The molecular formula is C18H31N5O2. The Morgan fingerprint density at radius 1 is 1.16 bits per heavy atom. The monoisotopic (exact) mass is 349 g/mol. The van der Waals surface area contributed by atoms with E-state index in [-0.39, 0.29) is 6.29 Å². The number of rotatable bonds is 7. The maximum absolute atomic E-state index is 5.29. The number of anilines is 2. The average molecular weight is 349 g/mol. The lowest BCUT2D eigenvalue weighted by molar-refractivity contribution is -0.114. The number of ether oxygens (including phenoxy) is 2. The first-order valence-corrected chi connectivity index (χ1v) is 9.41. The molecule has 0 aliphatic carbocycles. The van der Waals surface area contributed by atoms with E-state index in [0.29, 0.717) is 6.04 Å². The number of likely N-dealkylation sites (tertiary alicyclic amines) is 1. The largest absolute Gasteiger partial charge is 0.356 e. The normalized spacial score (nSPS) is 22.4. The summed E-state index contributed by atoms with van der Waals surface area (Å²) in [5.41, 5.74) is 0. The Morgan fingerprint density at radius 3 is 2.64 bits per heavy atom. The predicted molar refractivity (Wildman–Crippen MR) is 99.0 cm³/mol. The molecule has 2 aliphatic rings. The fourth-order valence-electron chi connectivity index (χ4n) is 3.65. The summed E-state index contributed by atoms with van der Waals surface area (Å²) in [5.74, 6) is 1.79. The molecule has 0 radical (unpaired) electrons. The van der Waals surface area contributed by atoms with Crippen molar-refractivity contribution in [3.05, 3.63) is 12.3 Å². The van der Waals surface area contributed by atoms with E-state index >= 15 is 0 Å². The van der Waals surface area contributed by atoms with Gasteiger partial charge in [-0.2, -0.15) is 4.98 Å². The van der Waals surface area contributed by atoms with Crippen molar-refractivity contribution in [2.75, 3.05) is 57.2 Å². The van der Waals surface area contributed by atoms with Crippen LogP contribution in [0.15, 0.2) is 12.3 Å². The highest BCUT2D eigenvalue weighted by Gasteiger charge is 2.25. The maximum atomic E-state index is 5.29. The third kappa shape index (κ3) is 5.26. The standard InChI is InChI=1S/C18H31N5O2/c1-24-17(25-2)14-22-12-8-15(13-22)20-18-19-9-7-16(21-18)23-10-5-3-4-6-11-23/h7,9,15,17H,3-6,8,10-14H2,1-2H3,(H,19,20,21). The minimum absolute atomic E-state index is 0.165. The summed E-state index contributed by atoms with van der Waals surface area (Å²) in [7, 11) is 3.37. The highest BCUT2D eigenvalue weighted by molar-refractivity contribution is 5.43. The van der Waals surface area contributed by atoms with Gasteiger partial charge in [-0.1, -0.05) is 12.8 Å². The van der Waals surface area contributed by atoms with E-state index < -0.39 is 0 Å². The van der Waals surface area contributed by atoms with Crippen molar-refractivity contribution in [1.29, 1.82) is 0 Å². The smallest absolute Gasteiger partial charge is 0.224 e. The Labute approximate surface area is 150 Å². The number of methoxy groups -OCH3 is 2. The molecule has 3 rings (SSSR count). The van der Waals surface area contributed by atoms with Gasteiger partial charge in [-0.15, -0.1) is 0 Å². The zero-order valence-corrected chi connectivity index (χ0v) is 15.5. The minimum Gasteiger partial charge on any atom is -0.356 e. The van der Waals surface area contributed by atoms with Crippen LogP contribution in [0, 0.1) is 0 Å². The van der Waals surface area contributed by atoms with E-state index in [0.717, 1.165) is 50.9 Å². The summed E-state index contributed by atoms with van der Waals surface area (Å²) >= 11 is 0. The molecule has 1 N–H and O–H groups in total. The second-order valence-electron chi connectivity index (χ2n) is 6.93. The van der Waals surface area contributed by atoms with Gasteiger partial charge >= 0.3 is 0 Å². The molecule has 140 valence electrons. The van der Waals surface area contributed by atoms with Gasteiger partial charge in [-0.05, 0) is 25.3 Å². The van der Waals surface area contributed by atoms with Gasteiger partial charge in [0.1, 0.15) is 5.82 Å². The minimum atomic E-state index is -0.165. The van der Waals surface area contributed by atoms with E-state index in [2.05, 4.69) is 20.1 Å². The molecule has 2 fully saturated rings. The lowest BCUT2D eigenvalue weighted by Crippen LogP contribution is -2.34. The van der Waals surface area contributed by atoms with Crippen molar-refractivity contribution in [3.63, 3.8) is 0 Å². The third-order valence-corrected chi connectivity index (χ3v) is 5.11. The first-order chi connectivity index (χ1) is 12.3. The van der Waals surface area contributed by atoms with E-state index in [1.165, 1.54) is 25.7 Å². The number of nitrogens with zero attached hydrogens (tertiary/aromatic N) is 4. The Bertz CT molecular complexity index is 518. The Morgan fingerprint density at radius 2 is 1.92 bits per heavy atom. The molecule has 0 saturated carbocycles. The van der Waals surface area contributed by atoms with Crippen molar-refractivity contribution in [1.82, 2.24) is 14.9 Å². The van der Waals surface area contributed by atoms with Crippen molar-refractivity contribution < 1.29 is 9.47 Å². The summed E-state index contributed by atoms with van der Waals surface area (Å²) in [6.07, 6.45) is 7.95. The van der Waals surface area contributed by atoms with Crippen molar-refractivity contribution in [3.8, 4) is 0 Å². The van der Waals surface area contributed by atoms with Crippen LogP contribution in [-0.4, -0.2) is 74.1 Å². The first-order valence-electron chi connectivity index (χ1n) is 9.41. The van der Waals surface area contributed by atoms with Gasteiger partial charge in [0.25, 0.3) is 0 Å². The second-order valence-corrected chi connectivity index (χ2v) is 6.93. The fraction of sp³-hybridized carbons (Fsp3) is 0.778. The van der Waals surface area contributed by atoms with Crippen molar-refractivity contribution in [2.24, 2.45) is 0 Å². The highest BCUT2D eigenvalue weighted by Crippen LogP contribution is 2.19. The molecule has 7 nitrogen and oxygen atoms in total. The van der Waals surface area contributed by atoms with E-state index in [4.69, 9.17) is 14.5 Å². The van der Waals surface area contributed by atoms with Crippen LogP contribution >= 0.6 is 0 Å². The van der Waals surface area contributed by atoms with Crippen LogP contribution in [-0.2, 0) is 9.47 Å². The van der Waals surface area contributed by atoms with Gasteiger partial charge in [0, 0.05) is 59.2 Å². The van der Waals surface area contributed by atoms with Crippen LogP contribution in [0.1, 0.15) is 32.1 Å². The molecule has 1 aromatic rings. The molecule has 3 heterocycles. The van der Waals surface area contributed by atoms with Crippen LogP contribution in [0.5, 0.6) is 0 Å². The van der Waals surface area contributed by atoms with Crippen LogP contribution in [0.3, 0.4) is 0 Å². The molecule has 0 spiro atoms. The van der Waals surface area contributed by atoms with Crippen molar-refractivity contribution in [2.45, 2.75) is 44.4 Å². The SMILES string of the molecule is COC(CN1CCC(Nc2nccc(N3CCCCCC3)n2)C1)OC. The summed E-state index contributed by atoms with van der Waals surface area (Å²) in [6.45, 7) is 4.99. The lowest BCUT2D eigenvalue weighted by Gasteiger charge is -2.23. The van der Waals surface area contributed by atoms with Gasteiger partial charge in [-0.3, -0.25) is 4.90 Å². The van der Waals surface area contributed by atoms with Gasteiger partial charge in [0.15, 0.2) is 6.29 Å². The van der Waals surface area contributed by atoms with Gasteiger partial charge < -0.3 is 19.7 Å². The fourth-order valence-corrected chi connectivity index (χ4v) is 3.65. The Hall–Kier alpha value is -1.44. The van der Waals surface area contributed by atoms with Crippen LogP contribution in [0.2, 0.25) is 0 Å². The van der Waals surface area contributed by atoms with E-state index in [1.807, 2.05) is 12.3 Å². The topological polar surface area (TPSA) is 62.8 Å². The average Bonchev–Trinajstić information content (AvgIpc) is 2.90. The third-order valence-electron chi connectivity index (χ3n) is 5.11. The zero-order chi connectivity index (χ0) is 17.5. The molecule has 2 aliphatic heterocycles. The number of aromatic nitrogens is 2. The van der Waals surface area contributed by atoms with Crippen LogP contribution in [0.4, 0.5) is 11.8 Å². The molecule has 1 aromatic heterocycles. The molecule has 7 heteroatoms.